The fourth-order valence-corrected chi connectivity index (χ4v) is 3.03. The van der Waals surface area contributed by atoms with Gasteiger partial charge in [-0.3, -0.25) is 0 Å². The van der Waals surface area contributed by atoms with Crippen LogP contribution < -0.4 is 5.32 Å². The lowest BCUT2D eigenvalue weighted by Gasteiger charge is -2.45. The minimum Gasteiger partial charge on any atom is -0.311 e. The van der Waals surface area contributed by atoms with Crippen LogP contribution in [0, 0.1) is 17.5 Å². The summed E-state index contributed by atoms with van der Waals surface area (Å²) in [7, 11) is 5.53. The minimum atomic E-state index is -1.41. The topological polar surface area (TPSA) is 15.3 Å². The van der Waals surface area contributed by atoms with Crippen LogP contribution in [0.3, 0.4) is 0 Å². The molecule has 20 heavy (non-hydrogen) atoms. The predicted molar refractivity (Wildman–Crippen MR) is 75.1 cm³/mol. The molecule has 0 saturated carbocycles. The van der Waals surface area contributed by atoms with Crippen molar-refractivity contribution in [2.75, 3.05) is 21.1 Å². The zero-order valence-corrected chi connectivity index (χ0v) is 12.7. The van der Waals surface area contributed by atoms with E-state index in [1.54, 1.807) is 7.05 Å². The maximum Gasteiger partial charge on any atom is 0.194 e. The normalized spacial score (nSPS) is 13.8. The summed E-state index contributed by atoms with van der Waals surface area (Å²) >= 11 is 0. The lowest BCUT2D eigenvalue weighted by Crippen LogP contribution is -2.52. The zero-order chi connectivity index (χ0) is 15.5. The Labute approximate surface area is 119 Å². The first-order chi connectivity index (χ1) is 9.35. The Morgan fingerprint density at radius 3 is 2.05 bits per heavy atom. The molecule has 0 bridgehead atoms. The van der Waals surface area contributed by atoms with Gasteiger partial charge in [0.05, 0.1) is 6.04 Å². The summed E-state index contributed by atoms with van der Waals surface area (Å²) < 4.78 is 40.7. The molecule has 0 aliphatic rings. The Balaban J connectivity index is 3.42. The maximum atomic E-state index is 14.1. The first kappa shape index (κ1) is 17.0. The van der Waals surface area contributed by atoms with Gasteiger partial charge in [-0.2, -0.15) is 0 Å². The quantitative estimate of drug-likeness (QED) is 0.806. The van der Waals surface area contributed by atoms with E-state index in [2.05, 4.69) is 5.32 Å². The highest BCUT2D eigenvalue weighted by molar-refractivity contribution is 5.27. The van der Waals surface area contributed by atoms with Gasteiger partial charge < -0.3 is 10.2 Å². The SMILES string of the molecule is CCC(CC)(C(NC)c1ccc(F)c(F)c1F)N(C)C. The number of nitrogens with one attached hydrogen (secondary N) is 1. The third-order valence-corrected chi connectivity index (χ3v) is 4.32. The van der Waals surface area contributed by atoms with Gasteiger partial charge in [0, 0.05) is 11.1 Å². The van der Waals surface area contributed by atoms with Crippen LogP contribution in [0.15, 0.2) is 12.1 Å². The summed E-state index contributed by atoms with van der Waals surface area (Å²) in [4.78, 5) is 2.01. The standard InChI is InChI=1S/C15H23F3N2/c1-6-15(7-2,20(4)5)14(19-3)10-8-9-11(16)13(18)12(10)17/h8-9,14,19H,6-7H2,1-5H3. The molecular formula is C15H23F3N2. The van der Waals surface area contributed by atoms with Crippen LogP contribution >= 0.6 is 0 Å². The van der Waals surface area contributed by atoms with E-state index < -0.39 is 23.5 Å². The molecule has 0 radical (unpaired) electrons. The van der Waals surface area contributed by atoms with E-state index in [1.807, 2.05) is 32.8 Å². The van der Waals surface area contributed by atoms with Crippen LogP contribution in [0.5, 0.6) is 0 Å². The molecule has 1 aromatic rings. The van der Waals surface area contributed by atoms with Crippen molar-refractivity contribution in [3.05, 3.63) is 35.1 Å². The average molecular weight is 288 g/mol. The highest BCUT2D eigenvalue weighted by Crippen LogP contribution is 2.37. The number of hydrogen-bond acceptors (Lipinski definition) is 2. The van der Waals surface area contributed by atoms with Crippen molar-refractivity contribution in [2.24, 2.45) is 0 Å². The van der Waals surface area contributed by atoms with Crippen molar-refractivity contribution in [3.8, 4) is 0 Å². The van der Waals surface area contributed by atoms with E-state index in [0.717, 1.165) is 18.9 Å². The summed E-state index contributed by atoms with van der Waals surface area (Å²) in [6, 6.07) is 1.87. The summed E-state index contributed by atoms with van der Waals surface area (Å²) in [5, 5.41) is 3.06. The Hall–Kier alpha value is -1.07. The molecule has 0 aromatic heterocycles. The molecule has 1 aromatic carbocycles. The van der Waals surface area contributed by atoms with Crippen LogP contribution in [0.2, 0.25) is 0 Å². The molecule has 0 spiro atoms. The van der Waals surface area contributed by atoms with E-state index in [1.165, 1.54) is 6.07 Å². The third kappa shape index (κ3) is 2.69. The van der Waals surface area contributed by atoms with Gasteiger partial charge >= 0.3 is 0 Å². The van der Waals surface area contributed by atoms with Gasteiger partial charge in [0.15, 0.2) is 17.5 Å². The van der Waals surface area contributed by atoms with Crippen molar-refractivity contribution in [2.45, 2.75) is 38.3 Å². The van der Waals surface area contributed by atoms with Gasteiger partial charge in [0.2, 0.25) is 0 Å². The smallest absolute Gasteiger partial charge is 0.194 e. The van der Waals surface area contributed by atoms with E-state index in [-0.39, 0.29) is 11.1 Å². The van der Waals surface area contributed by atoms with Gasteiger partial charge in [-0.15, -0.1) is 0 Å². The molecule has 1 N–H and O–H groups in total. The lowest BCUT2D eigenvalue weighted by atomic mass is 9.79. The van der Waals surface area contributed by atoms with Crippen LogP contribution in [-0.4, -0.2) is 31.6 Å². The summed E-state index contributed by atoms with van der Waals surface area (Å²) in [6.45, 7) is 4.01. The van der Waals surface area contributed by atoms with Crippen molar-refractivity contribution in [3.63, 3.8) is 0 Å². The second-order valence-electron chi connectivity index (χ2n) is 5.19. The Morgan fingerprint density at radius 1 is 1.10 bits per heavy atom. The van der Waals surface area contributed by atoms with Crippen LogP contribution in [0.4, 0.5) is 13.2 Å². The minimum absolute atomic E-state index is 0.156. The van der Waals surface area contributed by atoms with Crippen LogP contribution in [0.1, 0.15) is 38.3 Å². The number of benzene rings is 1. The molecule has 5 heteroatoms. The van der Waals surface area contributed by atoms with E-state index in [4.69, 9.17) is 0 Å². The number of nitrogens with zero attached hydrogens (tertiary/aromatic N) is 1. The zero-order valence-electron chi connectivity index (χ0n) is 12.7. The number of hydrogen-bond donors (Lipinski definition) is 1. The largest absolute Gasteiger partial charge is 0.311 e. The lowest BCUT2D eigenvalue weighted by molar-refractivity contribution is 0.0896. The summed E-state index contributed by atoms with van der Waals surface area (Å²) in [5.74, 6) is -3.69. The van der Waals surface area contributed by atoms with Crippen molar-refractivity contribution in [1.29, 1.82) is 0 Å². The highest BCUT2D eigenvalue weighted by atomic mass is 19.2. The molecule has 114 valence electrons. The molecule has 0 saturated heterocycles. The maximum absolute atomic E-state index is 14.1. The fourth-order valence-electron chi connectivity index (χ4n) is 3.03. The van der Waals surface area contributed by atoms with Gasteiger partial charge in [0.1, 0.15) is 0 Å². The second-order valence-corrected chi connectivity index (χ2v) is 5.19. The molecule has 0 amide bonds. The average Bonchev–Trinajstić information content (AvgIpc) is 2.43. The molecule has 0 aliphatic heterocycles. The molecule has 0 aliphatic carbocycles. The first-order valence-electron chi connectivity index (χ1n) is 6.83. The molecular weight excluding hydrogens is 265 g/mol. The fraction of sp³-hybridized carbons (Fsp3) is 0.600. The monoisotopic (exact) mass is 288 g/mol. The highest BCUT2D eigenvalue weighted by Gasteiger charge is 2.39. The molecule has 2 nitrogen and oxygen atoms in total. The third-order valence-electron chi connectivity index (χ3n) is 4.32. The van der Waals surface area contributed by atoms with Gasteiger partial charge in [-0.05, 0) is 40.1 Å². The summed E-state index contributed by atoms with van der Waals surface area (Å²) in [5.41, 5.74) is -0.219. The Morgan fingerprint density at radius 2 is 1.65 bits per heavy atom. The van der Waals surface area contributed by atoms with Gasteiger partial charge in [-0.25, -0.2) is 13.2 Å². The number of rotatable bonds is 6. The Bertz CT molecular complexity index is 457. The van der Waals surface area contributed by atoms with Gasteiger partial charge in [-0.1, -0.05) is 19.9 Å². The van der Waals surface area contributed by atoms with Crippen molar-refractivity contribution < 1.29 is 13.2 Å². The number of likely N-dealkylation sites (N-methyl/N-ethyl adjacent to an activating group) is 2. The van der Waals surface area contributed by atoms with E-state index >= 15 is 0 Å². The van der Waals surface area contributed by atoms with Crippen LogP contribution in [-0.2, 0) is 0 Å². The van der Waals surface area contributed by atoms with E-state index in [9.17, 15) is 13.2 Å². The molecule has 1 unspecified atom stereocenters. The molecule has 0 heterocycles. The second kappa shape index (κ2) is 6.59. The Kier molecular flexibility index (Phi) is 5.59. The first-order valence-corrected chi connectivity index (χ1v) is 6.83. The number of halogens is 3. The molecule has 1 atom stereocenters. The summed E-state index contributed by atoms with van der Waals surface area (Å²) in [6.07, 6.45) is 1.50. The van der Waals surface area contributed by atoms with Crippen LogP contribution in [0.25, 0.3) is 0 Å². The molecule has 1 rings (SSSR count). The predicted octanol–water partition coefficient (Wildman–Crippen LogP) is 3.48. The molecule has 0 fully saturated rings. The van der Waals surface area contributed by atoms with Crippen molar-refractivity contribution >= 4 is 0 Å². The van der Waals surface area contributed by atoms with E-state index in [0.29, 0.717) is 0 Å². The van der Waals surface area contributed by atoms with Crippen molar-refractivity contribution in [1.82, 2.24) is 10.2 Å². The van der Waals surface area contributed by atoms with Gasteiger partial charge in [0.25, 0.3) is 0 Å².